The number of pyridine rings is 1. The Morgan fingerprint density at radius 1 is 0.833 bits per heavy atom. The van der Waals surface area contributed by atoms with Gasteiger partial charge in [-0.25, -0.2) is 4.98 Å². The minimum absolute atomic E-state index is 0.752. The lowest BCUT2D eigenvalue weighted by molar-refractivity contribution is 1.41. The molecule has 3 N–H and O–H groups in total. The predicted molar refractivity (Wildman–Crippen MR) is 103 cm³/mol. The zero-order valence-corrected chi connectivity index (χ0v) is 13.8. The van der Waals surface area contributed by atoms with Crippen LogP contribution in [0.25, 0.3) is 21.8 Å². The molecule has 4 rings (SSSR count). The van der Waals surface area contributed by atoms with E-state index in [0.29, 0.717) is 0 Å². The molecule has 1 aromatic heterocycles. The fourth-order valence-electron chi connectivity index (χ4n) is 3.10. The summed E-state index contributed by atoms with van der Waals surface area (Å²) in [5, 5.41) is 5.84. The Balaban J connectivity index is 2.04. The van der Waals surface area contributed by atoms with Crippen molar-refractivity contribution < 1.29 is 0 Å². The van der Waals surface area contributed by atoms with E-state index in [4.69, 9.17) is 10.7 Å². The van der Waals surface area contributed by atoms with E-state index in [1.807, 2.05) is 30.3 Å². The quantitative estimate of drug-likeness (QED) is 0.388. The van der Waals surface area contributed by atoms with Gasteiger partial charge in [-0.2, -0.15) is 0 Å². The Morgan fingerprint density at radius 3 is 2.50 bits per heavy atom. The topological polar surface area (TPSA) is 50.9 Å². The molecule has 0 aliphatic heterocycles. The van der Waals surface area contributed by atoms with Crippen LogP contribution in [-0.2, 0) is 0 Å². The lowest BCUT2D eigenvalue weighted by Crippen LogP contribution is -1.99. The fourth-order valence-corrected chi connectivity index (χ4v) is 3.10. The number of anilines is 3. The number of rotatable bonds is 2. The summed E-state index contributed by atoms with van der Waals surface area (Å²) in [6, 6.07) is 20.5. The maximum absolute atomic E-state index is 5.98. The summed E-state index contributed by atoms with van der Waals surface area (Å²) in [6.07, 6.45) is 0. The van der Waals surface area contributed by atoms with Crippen molar-refractivity contribution >= 4 is 38.9 Å². The molecule has 0 saturated heterocycles. The monoisotopic (exact) mass is 313 g/mol. The molecule has 0 saturated carbocycles. The third kappa shape index (κ3) is 2.35. The normalized spacial score (nSPS) is 11.1. The average Bonchev–Trinajstić information content (AvgIpc) is 2.59. The van der Waals surface area contributed by atoms with Gasteiger partial charge in [-0.05, 0) is 43.2 Å². The lowest BCUT2D eigenvalue weighted by atomic mass is 10.0. The lowest BCUT2D eigenvalue weighted by Gasteiger charge is -2.16. The summed E-state index contributed by atoms with van der Waals surface area (Å²) in [5.41, 5.74) is 13.2. The molecule has 0 aliphatic carbocycles. The molecule has 1 heterocycles. The van der Waals surface area contributed by atoms with Crippen LogP contribution in [0.5, 0.6) is 0 Å². The average molecular weight is 313 g/mol. The molecule has 0 bridgehead atoms. The Kier molecular flexibility index (Phi) is 3.35. The molecular formula is C21H19N3. The highest BCUT2D eigenvalue weighted by Crippen LogP contribution is 2.35. The van der Waals surface area contributed by atoms with Gasteiger partial charge in [-0.15, -0.1) is 0 Å². The SMILES string of the molecule is Cc1ccc(N)cc1Nc1c2ccccc2nc2c(C)cccc12. The van der Waals surface area contributed by atoms with Gasteiger partial charge in [0.15, 0.2) is 0 Å². The first-order valence-corrected chi connectivity index (χ1v) is 8.05. The van der Waals surface area contributed by atoms with E-state index in [-0.39, 0.29) is 0 Å². The molecule has 0 spiro atoms. The number of para-hydroxylation sites is 2. The van der Waals surface area contributed by atoms with Gasteiger partial charge in [-0.1, -0.05) is 42.5 Å². The van der Waals surface area contributed by atoms with Gasteiger partial charge < -0.3 is 11.1 Å². The molecule has 0 fully saturated rings. The van der Waals surface area contributed by atoms with Crippen LogP contribution >= 0.6 is 0 Å². The highest BCUT2D eigenvalue weighted by molar-refractivity contribution is 6.09. The van der Waals surface area contributed by atoms with Crippen LogP contribution in [0.2, 0.25) is 0 Å². The molecule has 0 amide bonds. The second-order valence-electron chi connectivity index (χ2n) is 6.17. The maximum atomic E-state index is 5.98. The molecule has 4 aromatic rings. The number of nitrogens with two attached hydrogens (primary N) is 1. The molecular weight excluding hydrogens is 294 g/mol. The summed E-state index contributed by atoms with van der Waals surface area (Å²) < 4.78 is 0. The number of aryl methyl sites for hydroxylation is 2. The number of hydrogen-bond acceptors (Lipinski definition) is 3. The minimum atomic E-state index is 0.752. The van der Waals surface area contributed by atoms with Crippen molar-refractivity contribution in [2.75, 3.05) is 11.1 Å². The number of nitrogen functional groups attached to an aromatic ring is 1. The first-order valence-electron chi connectivity index (χ1n) is 8.05. The van der Waals surface area contributed by atoms with E-state index in [0.717, 1.165) is 44.4 Å². The van der Waals surface area contributed by atoms with Crippen molar-refractivity contribution in [2.24, 2.45) is 0 Å². The molecule has 3 nitrogen and oxygen atoms in total. The van der Waals surface area contributed by atoms with Crippen molar-refractivity contribution in [3.63, 3.8) is 0 Å². The van der Waals surface area contributed by atoms with Gasteiger partial charge in [-0.3, -0.25) is 0 Å². The first kappa shape index (κ1) is 14.5. The standard InChI is InChI=1S/C21H19N3/c1-13-10-11-15(22)12-19(13)24-21-16-7-3-4-9-18(16)23-20-14(2)6-5-8-17(20)21/h3-12H,22H2,1-2H3,(H,23,24). The largest absolute Gasteiger partial charge is 0.399 e. The number of nitrogens with zero attached hydrogens (tertiary/aromatic N) is 1. The molecule has 24 heavy (non-hydrogen) atoms. The predicted octanol–water partition coefficient (Wildman–Crippen LogP) is 5.33. The highest BCUT2D eigenvalue weighted by Gasteiger charge is 2.11. The summed E-state index contributed by atoms with van der Waals surface area (Å²) >= 11 is 0. The Hall–Kier alpha value is -3.07. The molecule has 0 radical (unpaired) electrons. The third-order valence-electron chi connectivity index (χ3n) is 4.43. The van der Waals surface area contributed by atoms with Crippen LogP contribution in [0.4, 0.5) is 17.1 Å². The van der Waals surface area contributed by atoms with Crippen LogP contribution in [0.3, 0.4) is 0 Å². The fraction of sp³-hybridized carbons (Fsp3) is 0.0952. The first-order chi connectivity index (χ1) is 11.6. The number of hydrogen-bond donors (Lipinski definition) is 2. The van der Waals surface area contributed by atoms with E-state index in [1.165, 1.54) is 5.56 Å². The van der Waals surface area contributed by atoms with Crippen molar-refractivity contribution in [2.45, 2.75) is 13.8 Å². The number of nitrogens with one attached hydrogen (secondary N) is 1. The van der Waals surface area contributed by atoms with E-state index in [2.05, 4.69) is 49.5 Å². The van der Waals surface area contributed by atoms with E-state index in [9.17, 15) is 0 Å². The smallest absolute Gasteiger partial charge is 0.0759 e. The van der Waals surface area contributed by atoms with Crippen molar-refractivity contribution in [1.82, 2.24) is 4.98 Å². The molecule has 0 atom stereocenters. The van der Waals surface area contributed by atoms with Gasteiger partial charge >= 0.3 is 0 Å². The second-order valence-corrected chi connectivity index (χ2v) is 6.17. The summed E-state index contributed by atoms with van der Waals surface area (Å²) in [4.78, 5) is 4.85. The van der Waals surface area contributed by atoms with E-state index < -0.39 is 0 Å². The number of fused-ring (bicyclic) bond motifs is 2. The van der Waals surface area contributed by atoms with E-state index in [1.54, 1.807) is 0 Å². The summed E-state index contributed by atoms with van der Waals surface area (Å²) in [7, 11) is 0. The molecule has 118 valence electrons. The zero-order chi connectivity index (χ0) is 16.7. The zero-order valence-electron chi connectivity index (χ0n) is 13.8. The third-order valence-corrected chi connectivity index (χ3v) is 4.43. The van der Waals surface area contributed by atoms with Gasteiger partial charge in [0.25, 0.3) is 0 Å². The van der Waals surface area contributed by atoms with Crippen LogP contribution < -0.4 is 11.1 Å². The number of benzene rings is 3. The van der Waals surface area contributed by atoms with Crippen molar-refractivity contribution in [1.29, 1.82) is 0 Å². The molecule has 3 heteroatoms. The molecule has 0 unspecified atom stereocenters. The second kappa shape index (κ2) is 5.53. The van der Waals surface area contributed by atoms with Crippen molar-refractivity contribution in [3.05, 3.63) is 71.8 Å². The maximum Gasteiger partial charge on any atom is 0.0759 e. The number of aromatic nitrogens is 1. The Morgan fingerprint density at radius 2 is 1.62 bits per heavy atom. The van der Waals surface area contributed by atoms with Crippen LogP contribution in [0, 0.1) is 13.8 Å². The van der Waals surface area contributed by atoms with Gasteiger partial charge in [0.2, 0.25) is 0 Å². The highest BCUT2D eigenvalue weighted by atomic mass is 14.9. The Labute approximate surface area is 141 Å². The van der Waals surface area contributed by atoms with Gasteiger partial charge in [0.05, 0.1) is 16.7 Å². The van der Waals surface area contributed by atoms with Crippen molar-refractivity contribution in [3.8, 4) is 0 Å². The van der Waals surface area contributed by atoms with Crippen LogP contribution in [-0.4, -0.2) is 4.98 Å². The van der Waals surface area contributed by atoms with Gasteiger partial charge in [0.1, 0.15) is 0 Å². The Bertz CT molecular complexity index is 1070. The minimum Gasteiger partial charge on any atom is -0.399 e. The molecule has 0 aliphatic rings. The van der Waals surface area contributed by atoms with Gasteiger partial charge in [0, 0.05) is 22.1 Å². The summed E-state index contributed by atoms with van der Waals surface area (Å²) in [6.45, 7) is 4.18. The summed E-state index contributed by atoms with van der Waals surface area (Å²) in [5.74, 6) is 0. The molecule has 3 aromatic carbocycles. The van der Waals surface area contributed by atoms with Crippen LogP contribution in [0.15, 0.2) is 60.7 Å². The van der Waals surface area contributed by atoms with Crippen LogP contribution in [0.1, 0.15) is 11.1 Å². The van der Waals surface area contributed by atoms with E-state index >= 15 is 0 Å².